The van der Waals surface area contributed by atoms with E-state index in [-0.39, 0.29) is 11.1 Å². The molecular formula is C14H15ClN4O. The van der Waals surface area contributed by atoms with E-state index < -0.39 is 6.04 Å². The molecule has 1 atom stereocenters. The molecule has 5 nitrogen and oxygen atoms in total. The number of carbonyl (C=O) groups is 1. The van der Waals surface area contributed by atoms with Crippen LogP contribution in [0, 0.1) is 0 Å². The third-order valence-electron chi connectivity index (χ3n) is 2.81. The SMILES string of the molecule is N[C@@H](CCc1ccccc1)C(=O)Nc1ccc(Cl)nn1. The normalized spacial score (nSPS) is 11.9. The summed E-state index contributed by atoms with van der Waals surface area (Å²) in [6.07, 6.45) is 1.32. The van der Waals surface area contributed by atoms with Gasteiger partial charge in [-0.2, -0.15) is 0 Å². The fourth-order valence-corrected chi connectivity index (χ4v) is 1.80. The molecular weight excluding hydrogens is 276 g/mol. The summed E-state index contributed by atoms with van der Waals surface area (Å²) in [7, 11) is 0. The first-order valence-electron chi connectivity index (χ1n) is 6.25. The summed E-state index contributed by atoms with van der Waals surface area (Å²) in [5.41, 5.74) is 7.01. The van der Waals surface area contributed by atoms with Gasteiger partial charge in [-0.1, -0.05) is 41.9 Å². The van der Waals surface area contributed by atoms with Crippen LogP contribution in [0.15, 0.2) is 42.5 Å². The van der Waals surface area contributed by atoms with Crippen molar-refractivity contribution in [2.24, 2.45) is 5.73 Å². The Labute approximate surface area is 122 Å². The van der Waals surface area contributed by atoms with Crippen LogP contribution in [0.1, 0.15) is 12.0 Å². The van der Waals surface area contributed by atoms with Crippen molar-refractivity contribution in [1.29, 1.82) is 0 Å². The summed E-state index contributed by atoms with van der Waals surface area (Å²) < 4.78 is 0. The number of anilines is 1. The molecule has 1 heterocycles. The number of hydrogen-bond donors (Lipinski definition) is 2. The van der Waals surface area contributed by atoms with Crippen LogP contribution in [0.4, 0.5) is 5.82 Å². The second kappa shape index (κ2) is 6.98. The molecule has 2 rings (SSSR count). The van der Waals surface area contributed by atoms with Crippen LogP contribution in [-0.4, -0.2) is 22.1 Å². The number of aryl methyl sites for hydroxylation is 1. The number of amides is 1. The standard InChI is InChI=1S/C14H15ClN4O/c15-12-8-9-13(19-18-12)17-14(20)11(16)7-6-10-4-2-1-3-5-10/h1-5,8-9,11H,6-7,16H2,(H,17,19,20)/t11-/m0/s1. The maximum Gasteiger partial charge on any atom is 0.242 e. The molecule has 0 bridgehead atoms. The van der Waals surface area contributed by atoms with Gasteiger partial charge < -0.3 is 11.1 Å². The molecule has 0 fully saturated rings. The highest BCUT2D eigenvalue weighted by molar-refractivity contribution is 6.29. The van der Waals surface area contributed by atoms with E-state index in [1.165, 1.54) is 0 Å². The molecule has 0 aliphatic carbocycles. The molecule has 20 heavy (non-hydrogen) atoms. The third kappa shape index (κ3) is 4.29. The molecule has 0 saturated carbocycles. The number of nitrogens with zero attached hydrogens (tertiary/aromatic N) is 2. The van der Waals surface area contributed by atoms with E-state index in [9.17, 15) is 4.79 Å². The van der Waals surface area contributed by atoms with Crippen molar-refractivity contribution < 1.29 is 4.79 Å². The molecule has 104 valence electrons. The summed E-state index contributed by atoms with van der Waals surface area (Å²) in [5.74, 6) is 0.0621. The van der Waals surface area contributed by atoms with E-state index in [0.717, 1.165) is 12.0 Å². The highest BCUT2D eigenvalue weighted by atomic mass is 35.5. The van der Waals surface area contributed by atoms with Crippen LogP contribution in [0.5, 0.6) is 0 Å². The number of nitrogens with two attached hydrogens (primary N) is 1. The lowest BCUT2D eigenvalue weighted by molar-refractivity contribution is -0.117. The average Bonchev–Trinajstić information content (AvgIpc) is 2.48. The number of rotatable bonds is 5. The first-order valence-corrected chi connectivity index (χ1v) is 6.62. The quantitative estimate of drug-likeness (QED) is 0.883. The Hall–Kier alpha value is -1.98. The topological polar surface area (TPSA) is 80.9 Å². The summed E-state index contributed by atoms with van der Waals surface area (Å²) >= 11 is 5.62. The second-order valence-electron chi connectivity index (χ2n) is 4.36. The Morgan fingerprint density at radius 3 is 2.60 bits per heavy atom. The molecule has 0 aliphatic heterocycles. The van der Waals surface area contributed by atoms with E-state index in [1.54, 1.807) is 12.1 Å². The molecule has 1 amide bonds. The van der Waals surface area contributed by atoms with Crippen LogP contribution in [0.25, 0.3) is 0 Å². The zero-order chi connectivity index (χ0) is 14.4. The smallest absolute Gasteiger partial charge is 0.242 e. The van der Waals surface area contributed by atoms with Gasteiger partial charge >= 0.3 is 0 Å². The summed E-state index contributed by atoms with van der Waals surface area (Å²) in [6.45, 7) is 0. The predicted octanol–water partition coefficient (Wildman–Crippen LogP) is 2.03. The number of aromatic nitrogens is 2. The van der Waals surface area contributed by atoms with Gasteiger partial charge in [0, 0.05) is 0 Å². The Morgan fingerprint density at radius 2 is 1.95 bits per heavy atom. The largest absolute Gasteiger partial charge is 0.320 e. The summed E-state index contributed by atoms with van der Waals surface area (Å²) in [6, 6.07) is 12.4. The minimum absolute atomic E-state index is 0.274. The molecule has 2 aromatic rings. The fraction of sp³-hybridized carbons (Fsp3) is 0.214. The molecule has 0 unspecified atom stereocenters. The number of hydrogen-bond acceptors (Lipinski definition) is 4. The molecule has 0 saturated heterocycles. The molecule has 0 aliphatic rings. The maximum absolute atomic E-state index is 11.9. The Kier molecular flexibility index (Phi) is 5.03. The van der Waals surface area contributed by atoms with Crippen LogP contribution in [-0.2, 0) is 11.2 Å². The molecule has 0 spiro atoms. The highest BCUT2D eigenvalue weighted by Gasteiger charge is 2.14. The van der Waals surface area contributed by atoms with Crippen molar-refractivity contribution in [3.05, 3.63) is 53.2 Å². The van der Waals surface area contributed by atoms with Crippen LogP contribution in [0.2, 0.25) is 5.15 Å². The first-order chi connectivity index (χ1) is 9.65. The van der Waals surface area contributed by atoms with Crippen LogP contribution < -0.4 is 11.1 Å². The van der Waals surface area contributed by atoms with Crippen molar-refractivity contribution in [1.82, 2.24) is 10.2 Å². The Bertz CT molecular complexity index is 559. The van der Waals surface area contributed by atoms with Crippen molar-refractivity contribution in [2.45, 2.75) is 18.9 Å². The third-order valence-corrected chi connectivity index (χ3v) is 3.01. The lowest BCUT2D eigenvalue weighted by atomic mass is 10.1. The van der Waals surface area contributed by atoms with Gasteiger partial charge in [-0.15, -0.1) is 10.2 Å². The number of nitrogens with one attached hydrogen (secondary N) is 1. The average molecular weight is 291 g/mol. The van der Waals surface area contributed by atoms with Gasteiger partial charge in [-0.25, -0.2) is 0 Å². The zero-order valence-electron chi connectivity index (χ0n) is 10.8. The second-order valence-corrected chi connectivity index (χ2v) is 4.75. The van der Waals surface area contributed by atoms with Gasteiger partial charge in [0.2, 0.25) is 5.91 Å². The van der Waals surface area contributed by atoms with Gasteiger partial charge in [0.1, 0.15) is 0 Å². The van der Waals surface area contributed by atoms with Gasteiger partial charge in [0.15, 0.2) is 11.0 Å². The Balaban J connectivity index is 1.84. The lowest BCUT2D eigenvalue weighted by Crippen LogP contribution is -2.36. The number of benzene rings is 1. The summed E-state index contributed by atoms with van der Waals surface area (Å²) in [5, 5.41) is 10.3. The van der Waals surface area contributed by atoms with E-state index in [4.69, 9.17) is 17.3 Å². The fourth-order valence-electron chi connectivity index (χ4n) is 1.70. The van der Waals surface area contributed by atoms with E-state index in [1.807, 2.05) is 30.3 Å². The first kappa shape index (κ1) is 14.4. The van der Waals surface area contributed by atoms with E-state index in [2.05, 4.69) is 15.5 Å². The van der Waals surface area contributed by atoms with Gasteiger partial charge in [0.25, 0.3) is 0 Å². The molecule has 1 aromatic heterocycles. The minimum Gasteiger partial charge on any atom is -0.320 e. The van der Waals surface area contributed by atoms with E-state index >= 15 is 0 Å². The zero-order valence-corrected chi connectivity index (χ0v) is 11.5. The van der Waals surface area contributed by atoms with Crippen LogP contribution in [0.3, 0.4) is 0 Å². The van der Waals surface area contributed by atoms with Gasteiger partial charge in [-0.05, 0) is 30.5 Å². The van der Waals surface area contributed by atoms with Gasteiger partial charge in [-0.3, -0.25) is 4.79 Å². The predicted molar refractivity (Wildman–Crippen MR) is 78.4 cm³/mol. The maximum atomic E-state index is 11.9. The molecule has 0 radical (unpaired) electrons. The van der Waals surface area contributed by atoms with Gasteiger partial charge in [0.05, 0.1) is 6.04 Å². The van der Waals surface area contributed by atoms with Crippen molar-refractivity contribution in [3.63, 3.8) is 0 Å². The minimum atomic E-state index is -0.590. The highest BCUT2D eigenvalue weighted by Crippen LogP contribution is 2.08. The van der Waals surface area contributed by atoms with Crippen molar-refractivity contribution >= 4 is 23.3 Å². The molecule has 6 heteroatoms. The Morgan fingerprint density at radius 1 is 1.20 bits per heavy atom. The lowest BCUT2D eigenvalue weighted by Gasteiger charge is -2.11. The molecule has 3 N–H and O–H groups in total. The molecule has 1 aromatic carbocycles. The summed E-state index contributed by atoms with van der Waals surface area (Å²) in [4.78, 5) is 11.9. The van der Waals surface area contributed by atoms with Crippen molar-refractivity contribution in [3.8, 4) is 0 Å². The number of carbonyl (C=O) groups excluding carboxylic acids is 1. The van der Waals surface area contributed by atoms with Crippen LogP contribution >= 0.6 is 11.6 Å². The van der Waals surface area contributed by atoms with E-state index in [0.29, 0.717) is 12.2 Å². The van der Waals surface area contributed by atoms with Crippen molar-refractivity contribution in [2.75, 3.05) is 5.32 Å². The monoisotopic (exact) mass is 290 g/mol. The number of halogens is 1.